The van der Waals surface area contributed by atoms with Gasteiger partial charge in [0.25, 0.3) is 0 Å². The van der Waals surface area contributed by atoms with Crippen LogP contribution in [0, 0.1) is 0 Å². The first-order valence-corrected chi connectivity index (χ1v) is 6.25. The number of hydrogen-bond acceptors (Lipinski definition) is 2. The molecule has 94 valence electrons. The van der Waals surface area contributed by atoms with Crippen molar-refractivity contribution in [2.24, 2.45) is 0 Å². The van der Waals surface area contributed by atoms with Gasteiger partial charge >= 0.3 is 0 Å². The number of amides is 1. The molecule has 5 heteroatoms. The van der Waals surface area contributed by atoms with Crippen molar-refractivity contribution in [3.8, 4) is 11.3 Å². The van der Waals surface area contributed by atoms with Gasteiger partial charge in [-0.25, -0.2) is 4.68 Å². The average molecular weight is 252 g/mol. The van der Waals surface area contributed by atoms with Crippen LogP contribution in [0.5, 0.6) is 0 Å². The van der Waals surface area contributed by atoms with E-state index in [9.17, 15) is 4.79 Å². The first kappa shape index (κ1) is 10.4. The van der Waals surface area contributed by atoms with Gasteiger partial charge in [-0.2, -0.15) is 5.10 Å². The number of aromatic amines is 1. The summed E-state index contributed by atoms with van der Waals surface area (Å²) in [5.74, 6) is 0.828. The highest BCUT2D eigenvalue weighted by molar-refractivity contribution is 5.96. The van der Waals surface area contributed by atoms with Crippen LogP contribution in [0.25, 0.3) is 22.2 Å². The third kappa shape index (κ3) is 1.55. The Bertz CT molecular complexity index is 784. The molecule has 0 radical (unpaired) electrons. The van der Waals surface area contributed by atoms with Crippen molar-refractivity contribution in [1.29, 1.82) is 0 Å². The molecule has 0 spiro atoms. The Morgan fingerprint density at radius 1 is 1.26 bits per heavy atom. The molecule has 3 heterocycles. The lowest BCUT2D eigenvalue weighted by Gasteiger charge is -2.13. The summed E-state index contributed by atoms with van der Waals surface area (Å²) < 4.78 is 1.85. The average Bonchev–Trinajstić information content (AvgIpc) is 3.00. The van der Waals surface area contributed by atoms with Crippen molar-refractivity contribution < 1.29 is 4.79 Å². The smallest absolute Gasteiger partial charge is 0.227 e. The summed E-state index contributed by atoms with van der Waals surface area (Å²) >= 11 is 0. The zero-order valence-electron chi connectivity index (χ0n) is 10.2. The second kappa shape index (κ2) is 3.71. The van der Waals surface area contributed by atoms with Gasteiger partial charge in [0.1, 0.15) is 5.82 Å². The van der Waals surface area contributed by atoms with Crippen molar-refractivity contribution in [3.63, 3.8) is 0 Å². The second-order valence-electron chi connectivity index (χ2n) is 4.68. The topological polar surface area (TPSA) is 62.7 Å². The summed E-state index contributed by atoms with van der Waals surface area (Å²) in [6.45, 7) is 0.642. The number of carbonyl (C=O) groups is 1. The summed E-state index contributed by atoms with van der Waals surface area (Å²) in [7, 11) is 0. The van der Waals surface area contributed by atoms with Crippen molar-refractivity contribution in [2.75, 3.05) is 5.32 Å². The SMILES string of the molecule is O=C1CCn2nc(-c3c[nH]c4ccccc34)cc2N1. The molecule has 2 aromatic heterocycles. The molecule has 1 amide bonds. The van der Waals surface area contributed by atoms with E-state index in [2.05, 4.69) is 21.5 Å². The summed E-state index contributed by atoms with van der Waals surface area (Å²) in [5.41, 5.74) is 3.04. The predicted octanol–water partition coefficient (Wildman–Crippen LogP) is 2.37. The van der Waals surface area contributed by atoms with E-state index in [0.29, 0.717) is 13.0 Å². The molecule has 1 aromatic carbocycles. The van der Waals surface area contributed by atoms with Gasteiger partial charge in [-0.15, -0.1) is 0 Å². The molecule has 19 heavy (non-hydrogen) atoms. The number of aryl methyl sites for hydroxylation is 1. The van der Waals surface area contributed by atoms with Gasteiger partial charge in [-0.1, -0.05) is 18.2 Å². The lowest BCUT2D eigenvalue weighted by Crippen LogP contribution is -2.23. The molecule has 0 saturated heterocycles. The fraction of sp³-hybridized carbons (Fsp3) is 0.143. The van der Waals surface area contributed by atoms with E-state index in [1.165, 1.54) is 0 Å². The molecule has 1 aliphatic heterocycles. The van der Waals surface area contributed by atoms with Crippen LogP contribution in [0.2, 0.25) is 0 Å². The van der Waals surface area contributed by atoms with Crippen molar-refractivity contribution >= 4 is 22.6 Å². The molecule has 0 saturated carbocycles. The molecule has 0 aliphatic carbocycles. The Hall–Kier alpha value is -2.56. The Labute approximate surface area is 109 Å². The fourth-order valence-corrected chi connectivity index (χ4v) is 2.52. The van der Waals surface area contributed by atoms with Crippen molar-refractivity contribution in [3.05, 3.63) is 36.5 Å². The van der Waals surface area contributed by atoms with Crippen LogP contribution in [0.3, 0.4) is 0 Å². The number of nitrogens with one attached hydrogen (secondary N) is 2. The molecule has 4 rings (SSSR count). The van der Waals surface area contributed by atoms with Crippen LogP contribution in [-0.4, -0.2) is 20.7 Å². The number of aromatic nitrogens is 3. The summed E-state index contributed by atoms with van der Waals surface area (Å²) in [6.07, 6.45) is 2.45. The normalized spacial score (nSPS) is 14.4. The van der Waals surface area contributed by atoms with E-state index in [0.717, 1.165) is 28.0 Å². The number of H-pyrrole nitrogens is 1. The van der Waals surface area contributed by atoms with Gasteiger partial charge < -0.3 is 10.3 Å². The van der Waals surface area contributed by atoms with Gasteiger partial charge in [0.05, 0.1) is 12.2 Å². The first-order valence-electron chi connectivity index (χ1n) is 6.25. The maximum absolute atomic E-state index is 11.4. The van der Waals surface area contributed by atoms with Gasteiger partial charge in [-0.05, 0) is 6.07 Å². The number of rotatable bonds is 1. The second-order valence-corrected chi connectivity index (χ2v) is 4.68. The monoisotopic (exact) mass is 252 g/mol. The van der Waals surface area contributed by atoms with Crippen LogP contribution in [0.15, 0.2) is 36.5 Å². The first-order chi connectivity index (χ1) is 9.31. The quantitative estimate of drug-likeness (QED) is 0.698. The molecular weight excluding hydrogens is 240 g/mol. The lowest BCUT2D eigenvalue weighted by atomic mass is 10.1. The maximum Gasteiger partial charge on any atom is 0.227 e. The third-order valence-electron chi connectivity index (χ3n) is 3.46. The minimum atomic E-state index is 0.0536. The largest absolute Gasteiger partial charge is 0.360 e. The molecule has 3 aromatic rings. The number of anilines is 1. The van der Waals surface area contributed by atoms with E-state index in [4.69, 9.17) is 0 Å². The minimum absolute atomic E-state index is 0.0536. The Morgan fingerprint density at radius 3 is 3.11 bits per heavy atom. The van der Waals surface area contributed by atoms with E-state index in [1.54, 1.807) is 0 Å². The van der Waals surface area contributed by atoms with E-state index < -0.39 is 0 Å². The van der Waals surface area contributed by atoms with E-state index in [-0.39, 0.29) is 5.91 Å². The van der Waals surface area contributed by atoms with Gasteiger partial charge in [-0.3, -0.25) is 4.79 Å². The standard InChI is InChI=1S/C14H12N4O/c19-14-5-6-18-13(16-14)7-12(17-18)10-8-15-11-4-2-1-3-9(10)11/h1-4,7-8,15H,5-6H2,(H,16,19). The molecule has 0 atom stereocenters. The van der Waals surface area contributed by atoms with Crippen LogP contribution >= 0.6 is 0 Å². The Morgan fingerprint density at radius 2 is 2.16 bits per heavy atom. The summed E-state index contributed by atoms with van der Waals surface area (Å²) in [6, 6.07) is 10.0. The van der Waals surface area contributed by atoms with E-state index in [1.807, 2.05) is 35.1 Å². The van der Waals surface area contributed by atoms with Crippen LogP contribution in [0.1, 0.15) is 6.42 Å². The summed E-state index contributed by atoms with van der Waals surface area (Å²) in [5, 5.41) is 8.54. The molecule has 0 fully saturated rings. The van der Waals surface area contributed by atoms with Gasteiger partial charge in [0.15, 0.2) is 0 Å². The predicted molar refractivity (Wildman–Crippen MR) is 72.8 cm³/mol. The maximum atomic E-state index is 11.4. The highest BCUT2D eigenvalue weighted by Gasteiger charge is 2.18. The molecule has 1 aliphatic rings. The molecule has 2 N–H and O–H groups in total. The number of nitrogens with zero attached hydrogens (tertiary/aromatic N) is 2. The highest BCUT2D eigenvalue weighted by Crippen LogP contribution is 2.30. The zero-order valence-corrected chi connectivity index (χ0v) is 10.2. The van der Waals surface area contributed by atoms with Crippen LogP contribution in [-0.2, 0) is 11.3 Å². The van der Waals surface area contributed by atoms with Crippen LogP contribution < -0.4 is 5.32 Å². The molecule has 5 nitrogen and oxygen atoms in total. The van der Waals surface area contributed by atoms with Gasteiger partial charge in [0, 0.05) is 35.2 Å². The Kier molecular flexibility index (Phi) is 2.03. The summed E-state index contributed by atoms with van der Waals surface area (Å²) in [4.78, 5) is 14.6. The van der Waals surface area contributed by atoms with E-state index >= 15 is 0 Å². The third-order valence-corrected chi connectivity index (χ3v) is 3.46. The molecule has 0 unspecified atom stereocenters. The fourth-order valence-electron chi connectivity index (χ4n) is 2.52. The molecule has 0 bridgehead atoms. The van der Waals surface area contributed by atoms with Crippen molar-refractivity contribution in [2.45, 2.75) is 13.0 Å². The van der Waals surface area contributed by atoms with Crippen molar-refractivity contribution in [1.82, 2.24) is 14.8 Å². The molecular formula is C14H12N4O. The number of benzene rings is 1. The zero-order chi connectivity index (χ0) is 12.8. The number of hydrogen-bond donors (Lipinski definition) is 2. The minimum Gasteiger partial charge on any atom is -0.360 e. The number of carbonyl (C=O) groups excluding carboxylic acids is 1. The highest BCUT2D eigenvalue weighted by atomic mass is 16.1. The van der Waals surface area contributed by atoms with Gasteiger partial charge in [0.2, 0.25) is 5.91 Å². The Balaban J connectivity index is 1.87. The number of fused-ring (bicyclic) bond motifs is 2. The number of para-hydroxylation sites is 1. The van der Waals surface area contributed by atoms with Crippen LogP contribution in [0.4, 0.5) is 5.82 Å². The lowest BCUT2D eigenvalue weighted by molar-refractivity contribution is -0.116.